The molecule has 49 heavy (non-hydrogen) atoms. The zero-order valence-corrected chi connectivity index (χ0v) is 26.9. The van der Waals surface area contributed by atoms with Gasteiger partial charge in [0.15, 0.2) is 0 Å². The summed E-state index contributed by atoms with van der Waals surface area (Å²) < 4.78 is 163. The van der Waals surface area contributed by atoms with Gasteiger partial charge in [-0.3, -0.25) is 0 Å². The van der Waals surface area contributed by atoms with Crippen LogP contribution in [0.3, 0.4) is 0 Å². The van der Waals surface area contributed by atoms with E-state index in [0.29, 0.717) is 35.4 Å². The Hall–Kier alpha value is -2.67. The fraction of sp³-hybridized carbons (Fsp3) is 0.611. The van der Waals surface area contributed by atoms with E-state index in [9.17, 15) is 30.7 Å². The minimum Gasteiger partial charge on any atom is -0.313 e. The van der Waals surface area contributed by atoms with Gasteiger partial charge in [-0.1, -0.05) is 12.2 Å². The van der Waals surface area contributed by atoms with Crippen LogP contribution in [-0.4, -0.2) is 18.6 Å². The molecule has 3 saturated carbocycles. The molecule has 2 aromatic rings. The predicted molar refractivity (Wildman–Crippen MR) is 159 cm³/mol. The van der Waals surface area contributed by atoms with E-state index in [1.54, 1.807) is 0 Å². The lowest BCUT2D eigenvalue weighted by atomic mass is 9.68. The van der Waals surface area contributed by atoms with Gasteiger partial charge in [0.25, 0.3) is 0 Å². The molecule has 13 heteroatoms. The summed E-state index contributed by atoms with van der Waals surface area (Å²) in [6.07, 6.45) is -6.54. The zero-order valence-electron chi connectivity index (χ0n) is 26.9. The second kappa shape index (κ2) is 14.9. The number of hydrogen-bond acceptors (Lipinski definition) is 2. The maximum Gasteiger partial charge on any atom is 0.527 e. The molecule has 0 spiro atoms. The van der Waals surface area contributed by atoms with Gasteiger partial charge >= 0.3 is 18.6 Å². The Morgan fingerprint density at radius 2 is 1.14 bits per heavy atom. The van der Waals surface area contributed by atoms with Crippen molar-refractivity contribution in [3.05, 3.63) is 70.8 Å². The van der Waals surface area contributed by atoms with Crippen LogP contribution in [0.5, 0.6) is 0 Å². The summed E-state index contributed by atoms with van der Waals surface area (Å²) in [6.45, 7) is 2.03. The molecule has 0 atom stereocenters. The third-order valence-corrected chi connectivity index (χ3v) is 10.6. The van der Waals surface area contributed by atoms with E-state index in [-0.39, 0.29) is 5.92 Å². The largest absolute Gasteiger partial charge is 0.527 e. The van der Waals surface area contributed by atoms with E-state index in [4.69, 9.17) is 0 Å². The average Bonchev–Trinajstić information content (AvgIpc) is 3.00. The van der Waals surface area contributed by atoms with Crippen LogP contribution in [0, 0.1) is 46.9 Å². The molecule has 0 unspecified atom stereocenters. The van der Waals surface area contributed by atoms with Crippen LogP contribution in [0.15, 0.2) is 36.4 Å². The van der Waals surface area contributed by atoms with Crippen molar-refractivity contribution in [1.82, 2.24) is 0 Å². The average molecular weight is 713 g/mol. The lowest BCUT2D eigenvalue weighted by Gasteiger charge is -2.37. The second-order valence-corrected chi connectivity index (χ2v) is 13.7. The summed E-state index contributed by atoms with van der Waals surface area (Å²) in [5.41, 5.74) is -2.87. The third kappa shape index (κ3) is 8.98. The number of rotatable bonds is 9. The first-order chi connectivity index (χ1) is 23.0. The van der Waals surface area contributed by atoms with Crippen LogP contribution in [-0.2, 0) is 15.6 Å². The molecule has 0 saturated heterocycles. The standard InChI is InChI=1S/C36H39F11O2/c1-2-3-20-4-6-21(7-5-20)22-8-10-23(11-9-22)24-16-28(37)32(29(38)17-24)25-18-30(39)33(31(40)19-25)35(43,44)48-27-14-12-26(13-15-27)34(41,42)49-36(45,46)47/h2-3,16-23,26-27H,4-15H2,1H3. The summed E-state index contributed by atoms with van der Waals surface area (Å²) in [4.78, 5) is 0. The molecule has 0 heterocycles. The molecule has 0 aliphatic heterocycles. The highest BCUT2D eigenvalue weighted by Gasteiger charge is 2.52. The predicted octanol–water partition coefficient (Wildman–Crippen LogP) is 12.3. The van der Waals surface area contributed by atoms with Crippen molar-refractivity contribution in [2.24, 2.45) is 23.7 Å². The fourth-order valence-corrected chi connectivity index (χ4v) is 8.13. The van der Waals surface area contributed by atoms with Crippen molar-refractivity contribution >= 4 is 0 Å². The van der Waals surface area contributed by atoms with Crippen molar-refractivity contribution < 1.29 is 57.8 Å². The van der Waals surface area contributed by atoms with Gasteiger partial charge in [-0.25, -0.2) is 22.3 Å². The molecule has 0 amide bonds. The molecule has 0 aromatic heterocycles. The summed E-state index contributed by atoms with van der Waals surface area (Å²) in [5, 5.41) is 0. The highest BCUT2D eigenvalue weighted by molar-refractivity contribution is 5.66. The minimum absolute atomic E-state index is 0.0983. The molecular formula is C36H39F11O2. The van der Waals surface area contributed by atoms with Gasteiger partial charge in [0.05, 0.1) is 17.6 Å². The Morgan fingerprint density at radius 1 is 0.633 bits per heavy atom. The van der Waals surface area contributed by atoms with Crippen molar-refractivity contribution in [1.29, 1.82) is 0 Å². The van der Waals surface area contributed by atoms with Crippen molar-refractivity contribution in [3.8, 4) is 11.1 Å². The molecule has 0 N–H and O–H groups in total. The molecule has 0 radical (unpaired) electrons. The van der Waals surface area contributed by atoms with E-state index in [2.05, 4.69) is 21.6 Å². The number of hydrogen-bond donors (Lipinski definition) is 0. The van der Waals surface area contributed by atoms with Gasteiger partial charge in [-0.15, -0.1) is 13.2 Å². The summed E-state index contributed by atoms with van der Waals surface area (Å²) in [7, 11) is 0. The Bertz CT molecular complexity index is 1420. The lowest BCUT2D eigenvalue weighted by Crippen LogP contribution is -2.40. The maximum absolute atomic E-state index is 15.3. The van der Waals surface area contributed by atoms with E-state index >= 15 is 17.6 Å². The Balaban J connectivity index is 1.22. The SMILES string of the molecule is CC=CC1CCC(C2CCC(c3cc(F)c(-c4cc(F)c(C(F)(F)OC5CCC(C(F)(F)OC(F)(F)F)CC5)c(F)c4)c(F)c3)CC2)CC1. The van der Waals surface area contributed by atoms with Crippen LogP contribution in [0.1, 0.15) is 101 Å². The Labute approximate surface area is 278 Å². The van der Waals surface area contributed by atoms with Crippen LogP contribution < -0.4 is 0 Å². The van der Waals surface area contributed by atoms with Gasteiger partial charge in [0.1, 0.15) is 28.8 Å². The summed E-state index contributed by atoms with van der Waals surface area (Å²) >= 11 is 0. The first kappa shape index (κ1) is 37.6. The molecule has 272 valence electrons. The van der Waals surface area contributed by atoms with E-state index in [0.717, 1.165) is 50.7 Å². The molecule has 2 nitrogen and oxygen atoms in total. The van der Waals surface area contributed by atoms with Crippen LogP contribution >= 0.6 is 0 Å². The first-order valence-electron chi connectivity index (χ1n) is 16.8. The Morgan fingerprint density at radius 3 is 1.63 bits per heavy atom. The summed E-state index contributed by atoms with van der Waals surface area (Å²) in [5.74, 6) is -6.15. The van der Waals surface area contributed by atoms with E-state index < -0.39 is 96.2 Å². The first-order valence-corrected chi connectivity index (χ1v) is 16.8. The highest BCUT2D eigenvalue weighted by Crippen LogP contribution is 2.47. The zero-order chi connectivity index (χ0) is 35.7. The molecule has 3 fully saturated rings. The normalized spacial score (nSPS) is 27.5. The minimum atomic E-state index is -5.62. The van der Waals surface area contributed by atoms with Crippen LogP contribution in [0.4, 0.5) is 48.3 Å². The maximum atomic E-state index is 15.3. The molecule has 3 aliphatic rings. The fourth-order valence-electron chi connectivity index (χ4n) is 8.13. The van der Waals surface area contributed by atoms with Crippen LogP contribution in [0.25, 0.3) is 11.1 Å². The lowest BCUT2D eigenvalue weighted by molar-refractivity contribution is -0.439. The molecule has 3 aliphatic carbocycles. The van der Waals surface area contributed by atoms with E-state index in [1.807, 2.05) is 6.92 Å². The van der Waals surface area contributed by atoms with Gasteiger partial charge in [-0.2, -0.15) is 17.6 Å². The molecule has 2 aromatic carbocycles. The number of halogens is 11. The number of allylic oxidation sites excluding steroid dienone is 2. The van der Waals surface area contributed by atoms with Crippen molar-refractivity contribution in [3.63, 3.8) is 0 Å². The second-order valence-electron chi connectivity index (χ2n) is 13.7. The van der Waals surface area contributed by atoms with Crippen molar-refractivity contribution in [2.45, 2.75) is 115 Å². The highest BCUT2D eigenvalue weighted by atomic mass is 19.4. The van der Waals surface area contributed by atoms with Gasteiger partial charge < -0.3 is 4.74 Å². The molecule has 5 rings (SSSR count). The quantitative estimate of drug-likeness (QED) is 0.190. The third-order valence-electron chi connectivity index (χ3n) is 10.6. The topological polar surface area (TPSA) is 18.5 Å². The van der Waals surface area contributed by atoms with Gasteiger partial charge in [0.2, 0.25) is 0 Å². The van der Waals surface area contributed by atoms with Gasteiger partial charge in [0, 0.05) is 0 Å². The smallest absolute Gasteiger partial charge is 0.313 e. The Kier molecular flexibility index (Phi) is 11.4. The van der Waals surface area contributed by atoms with E-state index in [1.165, 1.54) is 12.8 Å². The number of alkyl halides is 7. The van der Waals surface area contributed by atoms with Gasteiger partial charge in [-0.05, 0) is 143 Å². The van der Waals surface area contributed by atoms with Crippen molar-refractivity contribution in [2.75, 3.05) is 0 Å². The number of benzene rings is 2. The summed E-state index contributed by atoms with van der Waals surface area (Å²) in [6, 6.07) is 2.96. The molecule has 0 bridgehead atoms. The van der Waals surface area contributed by atoms with Crippen LogP contribution in [0.2, 0.25) is 0 Å². The monoisotopic (exact) mass is 712 g/mol. The number of ether oxygens (including phenoxy) is 2. The molecular weight excluding hydrogens is 673 g/mol.